The first kappa shape index (κ1) is 11.5. The molecule has 0 aliphatic heterocycles. The standard InChI is InChI=1S/C15H13N3O/c1-18-10-12-7-8-13(9-14(12)17-18)16-15(19)11-5-3-2-4-6-11/h2-10H,1H3,(H,16,19). The molecule has 1 N–H and O–H groups in total. The Morgan fingerprint density at radius 2 is 1.95 bits per heavy atom. The summed E-state index contributed by atoms with van der Waals surface area (Å²) in [6, 6.07) is 14.8. The van der Waals surface area contributed by atoms with E-state index < -0.39 is 0 Å². The molecule has 4 nitrogen and oxygen atoms in total. The lowest BCUT2D eigenvalue weighted by Gasteiger charge is -2.04. The third-order valence-corrected chi connectivity index (χ3v) is 2.92. The predicted octanol–water partition coefficient (Wildman–Crippen LogP) is 2.83. The SMILES string of the molecule is Cn1cc2ccc(NC(=O)c3ccccc3)cc2n1. The topological polar surface area (TPSA) is 46.9 Å². The van der Waals surface area contributed by atoms with Gasteiger partial charge in [0.2, 0.25) is 0 Å². The number of nitrogens with one attached hydrogen (secondary N) is 1. The number of anilines is 1. The van der Waals surface area contributed by atoms with Crippen LogP contribution in [0.3, 0.4) is 0 Å². The van der Waals surface area contributed by atoms with Crippen molar-refractivity contribution >= 4 is 22.5 Å². The van der Waals surface area contributed by atoms with Crippen LogP contribution in [0.1, 0.15) is 10.4 Å². The first-order valence-electron chi connectivity index (χ1n) is 6.02. The number of carbonyl (C=O) groups excluding carboxylic acids is 1. The molecule has 3 aromatic rings. The Kier molecular flexibility index (Phi) is 2.76. The Hall–Kier alpha value is -2.62. The summed E-state index contributed by atoms with van der Waals surface area (Å²) in [5, 5.41) is 8.25. The van der Waals surface area contributed by atoms with Crippen molar-refractivity contribution in [2.75, 3.05) is 5.32 Å². The summed E-state index contributed by atoms with van der Waals surface area (Å²) in [4.78, 5) is 12.0. The maximum absolute atomic E-state index is 12.0. The fourth-order valence-electron chi connectivity index (χ4n) is 2.01. The van der Waals surface area contributed by atoms with Crippen molar-refractivity contribution in [1.82, 2.24) is 9.78 Å². The van der Waals surface area contributed by atoms with Crippen molar-refractivity contribution in [2.24, 2.45) is 7.05 Å². The largest absolute Gasteiger partial charge is 0.322 e. The molecule has 2 aromatic carbocycles. The maximum atomic E-state index is 12.0. The summed E-state index contributed by atoms with van der Waals surface area (Å²) >= 11 is 0. The smallest absolute Gasteiger partial charge is 0.255 e. The van der Waals surface area contributed by atoms with Gasteiger partial charge in [0.05, 0.1) is 5.52 Å². The minimum Gasteiger partial charge on any atom is -0.322 e. The highest BCUT2D eigenvalue weighted by molar-refractivity contribution is 6.05. The molecule has 0 saturated heterocycles. The number of carbonyl (C=O) groups is 1. The van der Waals surface area contributed by atoms with Gasteiger partial charge >= 0.3 is 0 Å². The average Bonchev–Trinajstić information content (AvgIpc) is 2.79. The van der Waals surface area contributed by atoms with Gasteiger partial charge < -0.3 is 5.32 Å². The lowest BCUT2D eigenvalue weighted by atomic mass is 10.2. The van der Waals surface area contributed by atoms with Crippen molar-refractivity contribution in [2.45, 2.75) is 0 Å². The molecule has 0 saturated carbocycles. The first-order chi connectivity index (χ1) is 9.22. The van der Waals surface area contributed by atoms with E-state index >= 15 is 0 Å². The Bertz CT molecular complexity index is 731. The highest BCUT2D eigenvalue weighted by Crippen LogP contribution is 2.18. The van der Waals surface area contributed by atoms with Crippen LogP contribution in [0.2, 0.25) is 0 Å². The van der Waals surface area contributed by atoms with E-state index in [2.05, 4.69) is 10.4 Å². The van der Waals surface area contributed by atoms with Crippen LogP contribution in [0.4, 0.5) is 5.69 Å². The van der Waals surface area contributed by atoms with Crippen LogP contribution >= 0.6 is 0 Å². The minimum absolute atomic E-state index is 0.115. The molecule has 0 atom stereocenters. The van der Waals surface area contributed by atoms with Gasteiger partial charge in [-0.05, 0) is 30.3 Å². The second kappa shape index (κ2) is 4.57. The fraction of sp³-hybridized carbons (Fsp3) is 0.0667. The Morgan fingerprint density at radius 3 is 2.74 bits per heavy atom. The van der Waals surface area contributed by atoms with Crippen molar-refractivity contribution in [3.05, 3.63) is 60.3 Å². The van der Waals surface area contributed by atoms with E-state index in [1.807, 2.05) is 49.6 Å². The third-order valence-electron chi connectivity index (χ3n) is 2.92. The zero-order chi connectivity index (χ0) is 13.2. The number of aromatic nitrogens is 2. The lowest BCUT2D eigenvalue weighted by Crippen LogP contribution is -2.11. The van der Waals surface area contributed by atoms with E-state index in [1.165, 1.54) is 0 Å². The number of benzene rings is 2. The van der Waals surface area contributed by atoms with Gasteiger partial charge in [-0.15, -0.1) is 0 Å². The summed E-state index contributed by atoms with van der Waals surface area (Å²) < 4.78 is 1.76. The van der Waals surface area contributed by atoms with E-state index in [4.69, 9.17) is 0 Å². The van der Waals surface area contributed by atoms with Gasteiger partial charge in [-0.2, -0.15) is 5.10 Å². The second-order valence-electron chi connectivity index (χ2n) is 4.40. The summed E-state index contributed by atoms with van der Waals surface area (Å²) in [5.41, 5.74) is 2.26. The van der Waals surface area contributed by atoms with Crippen LogP contribution in [0, 0.1) is 0 Å². The molecule has 0 fully saturated rings. The number of aryl methyl sites for hydroxylation is 1. The molecule has 0 spiro atoms. The molecule has 1 heterocycles. The molecule has 94 valence electrons. The fourth-order valence-corrected chi connectivity index (χ4v) is 2.01. The van der Waals surface area contributed by atoms with Crippen molar-refractivity contribution in [1.29, 1.82) is 0 Å². The minimum atomic E-state index is -0.115. The molecule has 1 amide bonds. The van der Waals surface area contributed by atoms with E-state index in [0.717, 1.165) is 16.6 Å². The summed E-state index contributed by atoms with van der Waals surface area (Å²) in [5.74, 6) is -0.115. The van der Waals surface area contributed by atoms with Crippen LogP contribution in [0.15, 0.2) is 54.7 Å². The highest BCUT2D eigenvalue weighted by Gasteiger charge is 2.06. The molecular weight excluding hydrogens is 238 g/mol. The first-order valence-corrected chi connectivity index (χ1v) is 6.02. The third kappa shape index (κ3) is 2.33. The number of rotatable bonds is 2. The van der Waals surface area contributed by atoms with Crippen LogP contribution in [0.5, 0.6) is 0 Å². The maximum Gasteiger partial charge on any atom is 0.255 e. The van der Waals surface area contributed by atoms with Crippen LogP contribution in [0.25, 0.3) is 10.9 Å². The Labute approximate surface area is 110 Å². The van der Waals surface area contributed by atoms with Gasteiger partial charge in [-0.3, -0.25) is 9.48 Å². The lowest BCUT2D eigenvalue weighted by molar-refractivity contribution is 0.102. The Morgan fingerprint density at radius 1 is 1.16 bits per heavy atom. The quantitative estimate of drug-likeness (QED) is 0.761. The van der Waals surface area contributed by atoms with Gasteiger partial charge in [-0.1, -0.05) is 18.2 Å². The number of hydrogen-bond acceptors (Lipinski definition) is 2. The summed E-state index contributed by atoms with van der Waals surface area (Å²) in [6.07, 6.45) is 1.94. The van der Waals surface area contributed by atoms with Gasteiger partial charge in [-0.25, -0.2) is 0 Å². The average molecular weight is 251 g/mol. The molecule has 4 heteroatoms. The van der Waals surface area contributed by atoms with Crippen LogP contribution < -0.4 is 5.32 Å². The summed E-state index contributed by atoms with van der Waals surface area (Å²) in [7, 11) is 1.88. The molecular formula is C15H13N3O. The van der Waals surface area contributed by atoms with E-state index in [0.29, 0.717) is 5.56 Å². The molecule has 0 aliphatic rings. The second-order valence-corrected chi connectivity index (χ2v) is 4.40. The molecule has 3 rings (SSSR count). The van der Waals surface area contributed by atoms with Gasteiger partial charge in [0.1, 0.15) is 0 Å². The predicted molar refractivity (Wildman–Crippen MR) is 75.1 cm³/mol. The van der Waals surface area contributed by atoms with E-state index in [1.54, 1.807) is 16.8 Å². The molecule has 0 bridgehead atoms. The monoisotopic (exact) mass is 251 g/mol. The van der Waals surface area contributed by atoms with Gasteiger partial charge in [0.15, 0.2) is 0 Å². The van der Waals surface area contributed by atoms with E-state index in [-0.39, 0.29) is 5.91 Å². The highest BCUT2D eigenvalue weighted by atomic mass is 16.1. The van der Waals surface area contributed by atoms with Crippen molar-refractivity contribution in [3.63, 3.8) is 0 Å². The van der Waals surface area contributed by atoms with Crippen LogP contribution in [-0.2, 0) is 7.05 Å². The molecule has 0 unspecified atom stereocenters. The molecule has 1 aromatic heterocycles. The normalized spacial score (nSPS) is 10.6. The Balaban J connectivity index is 1.87. The molecule has 0 radical (unpaired) electrons. The van der Waals surface area contributed by atoms with Gasteiger partial charge in [0, 0.05) is 29.9 Å². The van der Waals surface area contributed by atoms with Crippen LogP contribution in [-0.4, -0.2) is 15.7 Å². The zero-order valence-electron chi connectivity index (χ0n) is 10.5. The number of amides is 1. The summed E-state index contributed by atoms with van der Waals surface area (Å²) in [6.45, 7) is 0. The van der Waals surface area contributed by atoms with Gasteiger partial charge in [0.25, 0.3) is 5.91 Å². The zero-order valence-corrected chi connectivity index (χ0v) is 10.5. The van der Waals surface area contributed by atoms with Crippen molar-refractivity contribution < 1.29 is 4.79 Å². The van der Waals surface area contributed by atoms with Crippen molar-refractivity contribution in [3.8, 4) is 0 Å². The number of nitrogens with zero attached hydrogens (tertiary/aromatic N) is 2. The number of hydrogen-bond donors (Lipinski definition) is 1. The van der Waals surface area contributed by atoms with E-state index in [9.17, 15) is 4.79 Å². The molecule has 19 heavy (non-hydrogen) atoms. The number of fused-ring (bicyclic) bond motifs is 1. The molecule has 0 aliphatic carbocycles.